The third kappa shape index (κ3) is 4.32. The van der Waals surface area contributed by atoms with Gasteiger partial charge in [0.05, 0.1) is 11.7 Å². The monoisotopic (exact) mass is 318 g/mol. The first-order valence-corrected chi connectivity index (χ1v) is 7.06. The van der Waals surface area contributed by atoms with Crippen LogP contribution in [0.25, 0.3) is 0 Å². The molecule has 7 heteroatoms. The molecule has 0 spiro atoms. The van der Waals surface area contributed by atoms with Crippen molar-refractivity contribution in [2.45, 2.75) is 26.8 Å². The number of carbonyl (C=O) groups excluding carboxylic acids is 1. The maximum Gasteiger partial charge on any atom is 0.341 e. The maximum absolute atomic E-state index is 12.2. The summed E-state index contributed by atoms with van der Waals surface area (Å²) in [5.74, 6) is -0.262. The van der Waals surface area contributed by atoms with E-state index in [2.05, 4.69) is 10.3 Å². The van der Waals surface area contributed by atoms with Crippen molar-refractivity contribution < 1.29 is 23.8 Å². The summed E-state index contributed by atoms with van der Waals surface area (Å²) in [6, 6.07) is 6.59. The van der Waals surface area contributed by atoms with Crippen LogP contribution in [0.4, 0.5) is 0 Å². The lowest BCUT2D eigenvalue weighted by molar-refractivity contribution is -0.139. The molecule has 23 heavy (non-hydrogen) atoms. The van der Waals surface area contributed by atoms with Crippen molar-refractivity contribution in [2.75, 3.05) is 6.61 Å². The molecule has 2 rings (SSSR count). The van der Waals surface area contributed by atoms with Gasteiger partial charge in [0, 0.05) is 6.92 Å². The van der Waals surface area contributed by atoms with Gasteiger partial charge in [0.1, 0.15) is 5.75 Å². The van der Waals surface area contributed by atoms with Crippen LogP contribution in [0, 0.1) is 13.8 Å². The number of rotatable bonds is 6. The number of aromatic nitrogens is 1. The van der Waals surface area contributed by atoms with E-state index in [-0.39, 0.29) is 17.7 Å². The largest absolute Gasteiger partial charge is 0.482 e. The van der Waals surface area contributed by atoms with Crippen molar-refractivity contribution in [3.05, 3.63) is 47.2 Å². The van der Waals surface area contributed by atoms with E-state index in [9.17, 15) is 9.59 Å². The van der Waals surface area contributed by atoms with Crippen molar-refractivity contribution in [1.29, 1.82) is 0 Å². The molecule has 1 aromatic heterocycles. The molecule has 2 N–H and O–H groups in total. The number of hydrogen-bond acceptors (Lipinski definition) is 5. The van der Waals surface area contributed by atoms with E-state index in [0.717, 1.165) is 5.56 Å². The number of carboxylic acids is 1. The minimum atomic E-state index is -1.03. The Labute approximate surface area is 133 Å². The highest BCUT2D eigenvalue weighted by atomic mass is 16.5. The van der Waals surface area contributed by atoms with E-state index in [4.69, 9.17) is 14.3 Å². The molecule has 7 nitrogen and oxygen atoms in total. The van der Waals surface area contributed by atoms with Gasteiger partial charge < -0.3 is 19.6 Å². The Bertz CT molecular complexity index is 706. The number of aryl methyl sites for hydroxylation is 2. The molecule has 0 aliphatic carbocycles. The van der Waals surface area contributed by atoms with Crippen LogP contribution in [-0.2, 0) is 4.79 Å². The summed E-state index contributed by atoms with van der Waals surface area (Å²) in [5, 5.41) is 11.4. The second-order valence-electron chi connectivity index (χ2n) is 5.09. The molecule has 1 amide bonds. The number of carboxylic acid groups (broad SMARTS) is 1. The summed E-state index contributed by atoms with van der Waals surface area (Å²) in [6.45, 7) is 4.84. The summed E-state index contributed by atoms with van der Waals surface area (Å²) in [6.07, 6.45) is 0. The molecule has 1 heterocycles. The number of benzene rings is 1. The fourth-order valence-corrected chi connectivity index (χ4v) is 2.09. The van der Waals surface area contributed by atoms with Crippen LogP contribution in [-0.4, -0.2) is 28.6 Å². The number of carbonyl (C=O) groups is 2. The number of nitrogens with one attached hydrogen (secondary N) is 1. The van der Waals surface area contributed by atoms with Crippen molar-refractivity contribution >= 4 is 11.9 Å². The quantitative estimate of drug-likeness (QED) is 0.847. The molecule has 0 radical (unpaired) electrons. The Balaban J connectivity index is 2.00. The molecular weight excluding hydrogens is 300 g/mol. The number of oxazole rings is 1. The maximum atomic E-state index is 12.2. The van der Waals surface area contributed by atoms with Gasteiger partial charge in [-0.15, -0.1) is 0 Å². The van der Waals surface area contributed by atoms with Gasteiger partial charge in [-0.3, -0.25) is 4.79 Å². The van der Waals surface area contributed by atoms with E-state index in [1.165, 1.54) is 0 Å². The summed E-state index contributed by atoms with van der Waals surface area (Å²) in [7, 11) is 0. The Morgan fingerprint density at radius 3 is 2.48 bits per heavy atom. The third-order valence-electron chi connectivity index (χ3n) is 3.20. The van der Waals surface area contributed by atoms with Gasteiger partial charge in [0.15, 0.2) is 12.5 Å². The van der Waals surface area contributed by atoms with Gasteiger partial charge in [0.25, 0.3) is 5.91 Å². The van der Waals surface area contributed by atoms with E-state index < -0.39 is 12.6 Å². The Morgan fingerprint density at radius 2 is 1.96 bits per heavy atom. The molecule has 0 fully saturated rings. The molecular formula is C16H18N2O5. The van der Waals surface area contributed by atoms with Gasteiger partial charge in [-0.25, -0.2) is 9.78 Å². The average Bonchev–Trinajstić information content (AvgIpc) is 2.84. The fraction of sp³-hybridized carbons (Fsp3) is 0.312. The van der Waals surface area contributed by atoms with Crippen LogP contribution < -0.4 is 10.1 Å². The topological polar surface area (TPSA) is 102 Å². The Kier molecular flexibility index (Phi) is 5.00. The fourth-order valence-electron chi connectivity index (χ4n) is 2.09. The van der Waals surface area contributed by atoms with Crippen LogP contribution in [0.5, 0.6) is 5.75 Å². The summed E-state index contributed by atoms with van der Waals surface area (Å²) < 4.78 is 10.3. The summed E-state index contributed by atoms with van der Waals surface area (Å²) in [4.78, 5) is 26.7. The molecule has 0 saturated heterocycles. The van der Waals surface area contributed by atoms with E-state index in [0.29, 0.717) is 17.3 Å². The first-order chi connectivity index (χ1) is 10.9. The molecule has 0 bridgehead atoms. The lowest BCUT2D eigenvalue weighted by atomic mass is 10.1. The number of nitrogens with zero attached hydrogens (tertiary/aromatic N) is 1. The van der Waals surface area contributed by atoms with Crippen LogP contribution in [0.15, 0.2) is 28.7 Å². The van der Waals surface area contributed by atoms with Crippen LogP contribution >= 0.6 is 0 Å². The predicted octanol–water partition coefficient (Wildman–Crippen LogP) is 2.25. The standard InChI is InChI=1S/C16H18N2O5/c1-9(18-16(21)15-10(2)17-11(3)23-15)12-4-6-13(7-5-12)22-8-14(19)20/h4-7,9H,8H2,1-3H3,(H,18,21)(H,19,20)/t9-/m1/s1. The first-order valence-electron chi connectivity index (χ1n) is 7.06. The molecule has 0 unspecified atom stereocenters. The lowest BCUT2D eigenvalue weighted by Gasteiger charge is -2.14. The zero-order valence-electron chi connectivity index (χ0n) is 13.1. The van der Waals surface area contributed by atoms with Crippen LogP contribution in [0.1, 0.15) is 40.7 Å². The van der Waals surface area contributed by atoms with Crippen molar-refractivity contribution in [1.82, 2.24) is 10.3 Å². The van der Waals surface area contributed by atoms with Crippen molar-refractivity contribution in [3.8, 4) is 5.75 Å². The third-order valence-corrected chi connectivity index (χ3v) is 3.20. The highest BCUT2D eigenvalue weighted by molar-refractivity contribution is 5.92. The number of aliphatic carboxylic acids is 1. The second kappa shape index (κ2) is 6.95. The highest BCUT2D eigenvalue weighted by Crippen LogP contribution is 2.19. The smallest absolute Gasteiger partial charge is 0.341 e. The van der Waals surface area contributed by atoms with E-state index in [1.807, 2.05) is 6.92 Å². The van der Waals surface area contributed by atoms with E-state index >= 15 is 0 Å². The summed E-state index contributed by atoms with van der Waals surface area (Å²) >= 11 is 0. The molecule has 0 aliphatic heterocycles. The predicted molar refractivity (Wildman–Crippen MR) is 81.4 cm³/mol. The SMILES string of the molecule is Cc1nc(C)c(C(=O)N[C@H](C)c2ccc(OCC(=O)O)cc2)o1. The lowest BCUT2D eigenvalue weighted by Crippen LogP contribution is -2.26. The minimum Gasteiger partial charge on any atom is -0.482 e. The zero-order chi connectivity index (χ0) is 17.0. The number of ether oxygens (including phenoxy) is 1. The molecule has 0 saturated carbocycles. The number of hydrogen-bond donors (Lipinski definition) is 2. The molecule has 0 aliphatic rings. The van der Waals surface area contributed by atoms with Crippen molar-refractivity contribution in [3.63, 3.8) is 0 Å². The van der Waals surface area contributed by atoms with Gasteiger partial charge >= 0.3 is 5.97 Å². The molecule has 2 aromatic rings. The van der Waals surface area contributed by atoms with Gasteiger partial charge in [-0.05, 0) is 31.5 Å². The first kappa shape index (κ1) is 16.5. The Hall–Kier alpha value is -2.83. The molecule has 1 atom stereocenters. The minimum absolute atomic E-state index is 0.204. The number of amides is 1. The normalized spacial score (nSPS) is 11.8. The highest BCUT2D eigenvalue weighted by Gasteiger charge is 2.18. The van der Waals surface area contributed by atoms with Crippen molar-refractivity contribution in [2.24, 2.45) is 0 Å². The van der Waals surface area contributed by atoms with Gasteiger partial charge in [0.2, 0.25) is 5.76 Å². The summed E-state index contributed by atoms with van der Waals surface area (Å²) in [5.41, 5.74) is 1.40. The zero-order valence-corrected chi connectivity index (χ0v) is 13.1. The van der Waals surface area contributed by atoms with Gasteiger partial charge in [-0.1, -0.05) is 12.1 Å². The molecule has 122 valence electrons. The second-order valence-corrected chi connectivity index (χ2v) is 5.09. The average molecular weight is 318 g/mol. The van der Waals surface area contributed by atoms with E-state index in [1.54, 1.807) is 38.1 Å². The Morgan fingerprint density at radius 1 is 1.30 bits per heavy atom. The molecule has 1 aromatic carbocycles. The van der Waals surface area contributed by atoms with Crippen LogP contribution in [0.2, 0.25) is 0 Å². The van der Waals surface area contributed by atoms with Gasteiger partial charge in [-0.2, -0.15) is 0 Å². The van der Waals surface area contributed by atoms with Crippen LogP contribution in [0.3, 0.4) is 0 Å².